The molecule has 0 spiro atoms. The molecule has 1 fully saturated rings. The van der Waals surface area contributed by atoms with Gasteiger partial charge in [0.1, 0.15) is 0 Å². The fourth-order valence-corrected chi connectivity index (χ4v) is 1.64. The molecule has 0 amide bonds. The minimum absolute atomic E-state index is 1.22. The summed E-state index contributed by atoms with van der Waals surface area (Å²) in [7, 11) is 0. The van der Waals surface area contributed by atoms with Crippen molar-refractivity contribution in [2.24, 2.45) is 0 Å². The van der Waals surface area contributed by atoms with Crippen LogP contribution in [0.15, 0.2) is 11.6 Å². The largest absolute Gasteiger partial charge is 0.299 e. The molecule has 0 saturated carbocycles. The first-order valence-electron chi connectivity index (χ1n) is 4.73. The van der Waals surface area contributed by atoms with Gasteiger partial charge in [-0.05, 0) is 39.3 Å². The summed E-state index contributed by atoms with van der Waals surface area (Å²) in [6.07, 6.45) is 6.28. The van der Waals surface area contributed by atoms with Crippen LogP contribution in [0, 0.1) is 0 Å². The second-order valence-corrected chi connectivity index (χ2v) is 3.28. The average Bonchev–Trinajstić information content (AvgIpc) is 2.52. The summed E-state index contributed by atoms with van der Waals surface area (Å²) in [4.78, 5) is 2.55. The Morgan fingerprint density at radius 1 is 1.36 bits per heavy atom. The standard InChI is InChI=1S/C10H19N/c1-3-10(4-2)9-11-7-5-6-8-11/h3H,4-9H2,1-2H3/b10-3+. The van der Waals surface area contributed by atoms with Crippen molar-refractivity contribution in [3.63, 3.8) is 0 Å². The summed E-state index contributed by atoms with van der Waals surface area (Å²) in [6, 6.07) is 0. The van der Waals surface area contributed by atoms with Gasteiger partial charge in [0.25, 0.3) is 0 Å². The zero-order chi connectivity index (χ0) is 8.10. The minimum Gasteiger partial charge on any atom is -0.299 e. The van der Waals surface area contributed by atoms with Gasteiger partial charge in [-0.3, -0.25) is 4.90 Å². The van der Waals surface area contributed by atoms with Crippen LogP contribution in [0.2, 0.25) is 0 Å². The Labute approximate surface area is 70.1 Å². The van der Waals surface area contributed by atoms with Crippen molar-refractivity contribution < 1.29 is 0 Å². The molecule has 1 aliphatic rings. The third kappa shape index (κ3) is 2.66. The number of hydrogen-bond donors (Lipinski definition) is 0. The van der Waals surface area contributed by atoms with Gasteiger partial charge >= 0.3 is 0 Å². The normalized spacial score (nSPS) is 21.1. The maximum Gasteiger partial charge on any atom is 0.0192 e. The van der Waals surface area contributed by atoms with E-state index in [0.717, 1.165) is 0 Å². The lowest BCUT2D eigenvalue weighted by Crippen LogP contribution is -2.21. The van der Waals surface area contributed by atoms with Crippen molar-refractivity contribution in [2.45, 2.75) is 33.1 Å². The maximum atomic E-state index is 2.55. The van der Waals surface area contributed by atoms with Crippen LogP contribution in [-0.2, 0) is 0 Å². The van der Waals surface area contributed by atoms with E-state index in [1.54, 1.807) is 5.57 Å². The topological polar surface area (TPSA) is 3.24 Å². The highest BCUT2D eigenvalue weighted by Gasteiger charge is 2.11. The van der Waals surface area contributed by atoms with E-state index in [9.17, 15) is 0 Å². The summed E-state index contributed by atoms with van der Waals surface area (Å²) < 4.78 is 0. The lowest BCUT2D eigenvalue weighted by Gasteiger charge is -2.15. The second-order valence-electron chi connectivity index (χ2n) is 3.28. The lowest BCUT2D eigenvalue weighted by atomic mass is 10.2. The molecule has 11 heavy (non-hydrogen) atoms. The van der Waals surface area contributed by atoms with Crippen molar-refractivity contribution in [3.05, 3.63) is 11.6 Å². The molecule has 64 valence electrons. The SMILES string of the molecule is C/C=C(\CC)CN1CCCC1. The Kier molecular flexibility index (Phi) is 3.64. The predicted octanol–water partition coefficient (Wildman–Crippen LogP) is 2.44. The lowest BCUT2D eigenvalue weighted by molar-refractivity contribution is 0.365. The molecule has 0 aliphatic carbocycles. The number of likely N-dealkylation sites (tertiary alicyclic amines) is 1. The highest BCUT2D eigenvalue weighted by Crippen LogP contribution is 2.11. The summed E-state index contributed by atoms with van der Waals surface area (Å²) >= 11 is 0. The maximum absolute atomic E-state index is 2.55. The third-order valence-electron chi connectivity index (χ3n) is 2.49. The van der Waals surface area contributed by atoms with Crippen molar-refractivity contribution in [1.29, 1.82) is 0 Å². The Bertz CT molecular complexity index is 132. The van der Waals surface area contributed by atoms with Crippen LogP contribution in [0.5, 0.6) is 0 Å². The Morgan fingerprint density at radius 3 is 2.45 bits per heavy atom. The fraction of sp³-hybridized carbons (Fsp3) is 0.800. The quantitative estimate of drug-likeness (QED) is 0.563. The van der Waals surface area contributed by atoms with Crippen molar-refractivity contribution >= 4 is 0 Å². The molecule has 0 atom stereocenters. The summed E-state index contributed by atoms with van der Waals surface area (Å²) in [5.74, 6) is 0. The molecule has 1 heterocycles. The van der Waals surface area contributed by atoms with Gasteiger partial charge in [0.05, 0.1) is 0 Å². The van der Waals surface area contributed by atoms with Gasteiger partial charge in [-0.15, -0.1) is 0 Å². The number of hydrogen-bond acceptors (Lipinski definition) is 1. The zero-order valence-electron chi connectivity index (χ0n) is 7.77. The minimum atomic E-state index is 1.22. The van der Waals surface area contributed by atoms with Crippen molar-refractivity contribution in [3.8, 4) is 0 Å². The Hall–Kier alpha value is -0.300. The molecule has 1 aliphatic heterocycles. The number of allylic oxidation sites excluding steroid dienone is 1. The molecule has 1 rings (SSSR count). The Balaban J connectivity index is 2.27. The molecular weight excluding hydrogens is 134 g/mol. The highest BCUT2D eigenvalue weighted by atomic mass is 15.1. The van der Waals surface area contributed by atoms with Crippen molar-refractivity contribution in [1.82, 2.24) is 4.90 Å². The zero-order valence-corrected chi connectivity index (χ0v) is 7.77. The summed E-state index contributed by atoms with van der Waals surface area (Å²) in [6.45, 7) is 8.24. The third-order valence-corrected chi connectivity index (χ3v) is 2.49. The van der Waals surface area contributed by atoms with E-state index in [2.05, 4.69) is 24.8 Å². The van der Waals surface area contributed by atoms with E-state index in [4.69, 9.17) is 0 Å². The van der Waals surface area contributed by atoms with E-state index < -0.39 is 0 Å². The highest BCUT2D eigenvalue weighted by molar-refractivity contribution is 5.02. The van der Waals surface area contributed by atoms with E-state index in [1.807, 2.05) is 0 Å². The number of nitrogens with zero attached hydrogens (tertiary/aromatic N) is 1. The van der Waals surface area contributed by atoms with E-state index in [0.29, 0.717) is 0 Å². The van der Waals surface area contributed by atoms with Gasteiger partial charge in [0, 0.05) is 6.54 Å². The molecule has 0 bridgehead atoms. The van der Waals surface area contributed by atoms with Gasteiger partial charge in [-0.25, -0.2) is 0 Å². The molecule has 1 saturated heterocycles. The van der Waals surface area contributed by atoms with Crippen molar-refractivity contribution in [2.75, 3.05) is 19.6 Å². The first-order chi connectivity index (χ1) is 5.36. The number of rotatable bonds is 3. The Morgan fingerprint density at radius 2 is 2.00 bits per heavy atom. The second kappa shape index (κ2) is 4.55. The van der Waals surface area contributed by atoms with Crippen LogP contribution in [0.25, 0.3) is 0 Å². The molecule has 1 heteroatoms. The van der Waals surface area contributed by atoms with Crippen LogP contribution in [0.3, 0.4) is 0 Å². The van der Waals surface area contributed by atoms with Crippen LogP contribution in [-0.4, -0.2) is 24.5 Å². The molecule has 0 N–H and O–H groups in total. The molecule has 0 radical (unpaired) electrons. The van der Waals surface area contributed by atoms with E-state index >= 15 is 0 Å². The fourth-order valence-electron chi connectivity index (χ4n) is 1.64. The van der Waals surface area contributed by atoms with E-state index in [-0.39, 0.29) is 0 Å². The van der Waals surface area contributed by atoms with Gasteiger partial charge in [-0.1, -0.05) is 18.6 Å². The molecule has 0 aromatic carbocycles. The summed E-state index contributed by atoms with van der Waals surface area (Å²) in [5.41, 5.74) is 1.59. The first-order valence-corrected chi connectivity index (χ1v) is 4.73. The average molecular weight is 153 g/mol. The molecule has 0 aromatic heterocycles. The van der Waals surface area contributed by atoms with Gasteiger partial charge < -0.3 is 0 Å². The van der Waals surface area contributed by atoms with Crippen LogP contribution < -0.4 is 0 Å². The van der Waals surface area contributed by atoms with Gasteiger partial charge in [-0.2, -0.15) is 0 Å². The molecular formula is C10H19N. The van der Waals surface area contributed by atoms with Crippen LogP contribution in [0.1, 0.15) is 33.1 Å². The predicted molar refractivity (Wildman–Crippen MR) is 49.7 cm³/mol. The molecule has 0 unspecified atom stereocenters. The van der Waals surface area contributed by atoms with Crippen LogP contribution in [0.4, 0.5) is 0 Å². The first kappa shape index (κ1) is 8.79. The smallest absolute Gasteiger partial charge is 0.0192 e. The van der Waals surface area contributed by atoms with Crippen LogP contribution >= 0.6 is 0 Å². The van der Waals surface area contributed by atoms with Gasteiger partial charge in [0.15, 0.2) is 0 Å². The summed E-state index contributed by atoms with van der Waals surface area (Å²) in [5, 5.41) is 0. The molecule has 1 nitrogen and oxygen atoms in total. The monoisotopic (exact) mass is 153 g/mol. The molecule has 0 aromatic rings. The van der Waals surface area contributed by atoms with E-state index in [1.165, 1.54) is 38.9 Å². The van der Waals surface area contributed by atoms with Gasteiger partial charge in [0.2, 0.25) is 0 Å².